The first-order chi connectivity index (χ1) is 24.8. The molecule has 4 aromatic carbocycles. The summed E-state index contributed by atoms with van der Waals surface area (Å²) in [6.45, 7) is 10.5. The molecule has 10 nitrogen and oxygen atoms in total. The fraction of sp³-hybridized carbons (Fsp3) is 0.220. The first kappa shape index (κ1) is 36.4. The third kappa shape index (κ3) is 7.82. The second-order valence-electron chi connectivity index (χ2n) is 11.8. The van der Waals surface area contributed by atoms with Gasteiger partial charge in [0.15, 0.2) is 0 Å². The van der Waals surface area contributed by atoms with Crippen LogP contribution in [0.2, 0.25) is 0 Å². The van der Waals surface area contributed by atoms with E-state index in [1.165, 1.54) is 0 Å². The van der Waals surface area contributed by atoms with Crippen molar-refractivity contribution >= 4 is 23.8 Å². The van der Waals surface area contributed by atoms with Crippen LogP contribution < -0.4 is 11.0 Å². The molecule has 0 saturated carbocycles. The third-order valence-electron chi connectivity index (χ3n) is 8.79. The molecule has 0 spiro atoms. The summed E-state index contributed by atoms with van der Waals surface area (Å²) in [6.07, 6.45) is 2.09. The highest BCUT2D eigenvalue weighted by atomic mass is 16.7. The number of carbonyl (C=O) groups is 4. The van der Waals surface area contributed by atoms with E-state index in [9.17, 15) is 19.2 Å². The minimum atomic E-state index is -0.767. The Balaban J connectivity index is 1.41. The van der Waals surface area contributed by atoms with Gasteiger partial charge in [-0.25, -0.2) is 20.5 Å². The largest absolute Gasteiger partial charge is 0.457 e. The molecule has 4 aromatic rings. The summed E-state index contributed by atoms with van der Waals surface area (Å²) in [5.74, 6) is -2.02. The van der Waals surface area contributed by atoms with Gasteiger partial charge < -0.3 is 9.47 Å². The van der Waals surface area contributed by atoms with Gasteiger partial charge in [-0.15, -0.1) is 0 Å². The topological polar surface area (TPSA) is 129 Å². The lowest BCUT2D eigenvalue weighted by Crippen LogP contribution is -2.31. The van der Waals surface area contributed by atoms with E-state index in [0.717, 1.165) is 45.5 Å². The molecule has 51 heavy (non-hydrogen) atoms. The zero-order valence-corrected chi connectivity index (χ0v) is 28.6. The van der Waals surface area contributed by atoms with Gasteiger partial charge in [-0.3, -0.25) is 19.3 Å². The third-order valence-corrected chi connectivity index (χ3v) is 8.79. The summed E-state index contributed by atoms with van der Waals surface area (Å²) >= 11 is 0. The van der Waals surface area contributed by atoms with Crippen molar-refractivity contribution in [1.82, 2.24) is 11.0 Å². The maximum absolute atomic E-state index is 13.0. The van der Waals surface area contributed by atoms with Gasteiger partial charge in [-0.1, -0.05) is 99.8 Å². The molecule has 0 aromatic heterocycles. The lowest BCUT2D eigenvalue weighted by Gasteiger charge is -2.34. The Kier molecular flexibility index (Phi) is 11.9. The van der Waals surface area contributed by atoms with E-state index in [1.54, 1.807) is 24.3 Å². The number of hydrogen-bond donors (Lipinski definition) is 2. The van der Waals surface area contributed by atoms with Crippen molar-refractivity contribution in [3.05, 3.63) is 156 Å². The van der Waals surface area contributed by atoms with Crippen molar-refractivity contribution in [2.24, 2.45) is 0 Å². The zero-order valence-electron chi connectivity index (χ0n) is 28.6. The highest BCUT2D eigenvalue weighted by molar-refractivity contribution is 5.95. The van der Waals surface area contributed by atoms with Crippen LogP contribution in [0.1, 0.15) is 69.7 Å². The molecule has 0 heterocycles. The van der Waals surface area contributed by atoms with E-state index < -0.39 is 41.4 Å². The number of benzene rings is 4. The highest BCUT2D eigenvalue weighted by Crippen LogP contribution is 2.55. The molecular weight excluding hydrogens is 648 g/mol. The van der Waals surface area contributed by atoms with Crippen molar-refractivity contribution in [2.75, 3.05) is 13.2 Å². The molecule has 5 rings (SSSR count). The van der Waals surface area contributed by atoms with Crippen molar-refractivity contribution in [2.45, 2.75) is 44.3 Å². The Bertz CT molecular complexity index is 1760. The van der Waals surface area contributed by atoms with Crippen LogP contribution in [-0.2, 0) is 34.2 Å². The zero-order chi connectivity index (χ0) is 36.4. The lowest BCUT2D eigenvalue weighted by molar-refractivity contribution is -0.148. The minimum absolute atomic E-state index is 0.0128. The average molecular weight is 689 g/mol. The fourth-order valence-corrected chi connectivity index (χ4v) is 6.18. The van der Waals surface area contributed by atoms with Crippen LogP contribution in [0.15, 0.2) is 122 Å². The summed E-state index contributed by atoms with van der Waals surface area (Å²) in [6, 6.07) is 31.1. The average Bonchev–Trinajstić information content (AvgIpc) is 3.47. The van der Waals surface area contributed by atoms with Gasteiger partial charge in [0.1, 0.15) is 25.4 Å². The standard InChI is InChI=1S/C41H40N2O8/c1-5-31(50-37(44)7-3)25-48-42-39(46)27-17-21-29(22-18-27)41(35-15-11-9-13-33(35)34-14-10-12-16-36(34)41)30-23-19-28(20-24-30)40(47)43-49-26-32(6-2)51-38(45)8-4/h7-24,31-32H,3-6,25-26H2,1-2H3,(H,42,46)(H,43,47). The molecule has 1 aliphatic rings. The van der Waals surface area contributed by atoms with Gasteiger partial charge in [0, 0.05) is 23.3 Å². The summed E-state index contributed by atoms with van der Waals surface area (Å²) in [7, 11) is 0. The van der Waals surface area contributed by atoms with Crippen molar-refractivity contribution in [3.63, 3.8) is 0 Å². The van der Waals surface area contributed by atoms with Gasteiger partial charge in [-0.2, -0.15) is 0 Å². The van der Waals surface area contributed by atoms with Crippen LogP contribution in [0.3, 0.4) is 0 Å². The first-order valence-corrected chi connectivity index (χ1v) is 16.7. The Labute approximate surface area is 297 Å². The van der Waals surface area contributed by atoms with Crippen molar-refractivity contribution in [1.29, 1.82) is 0 Å². The number of rotatable bonds is 16. The van der Waals surface area contributed by atoms with Gasteiger partial charge >= 0.3 is 11.9 Å². The lowest BCUT2D eigenvalue weighted by atomic mass is 9.67. The Morgan fingerprint density at radius 3 is 1.33 bits per heavy atom. The van der Waals surface area contributed by atoms with Crippen LogP contribution in [0.4, 0.5) is 0 Å². The minimum Gasteiger partial charge on any atom is -0.457 e. The van der Waals surface area contributed by atoms with Gasteiger partial charge in [0.2, 0.25) is 0 Å². The first-order valence-electron chi connectivity index (χ1n) is 16.7. The Morgan fingerprint density at radius 1 is 0.608 bits per heavy atom. The molecule has 0 radical (unpaired) electrons. The molecule has 262 valence electrons. The van der Waals surface area contributed by atoms with E-state index in [2.05, 4.69) is 48.4 Å². The molecule has 0 saturated heterocycles. The normalized spacial score (nSPS) is 13.5. The number of ether oxygens (including phenoxy) is 2. The summed E-state index contributed by atoms with van der Waals surface area (Å²) < 4.78 is 10.4. The second kappa shape index (κ2) is 16.7. The van der Waals surface area contributed by atoms with Crippen LogP contribution >= 0.6 is 0 Å². The number of carbonyl (C=O) groups excluding carboxylic acids is 4. The van der Waals surface area contributed by atoms with Gasteiger partial charge in [-0.05, 0) is 70.5 Å². The van der Waals surface area contributed by atoms with E-state index >= 15 is 0 Å². The van der Waals surface area contributed by atoms with Gasteiger partial charge in [0.05, 0.1) is 5.41 Å². The number of hydroxylamine groups is 2. The van der Waals surface area contributed by atoms with Gasteiger partial charge in [0.25, 0.3) is 11.8 Å². The molecule has 2 amide bonds. The maximum Gasteiger partial charge on any atom is 0.330 e. The molecule has 0 fully saturated rings. The van der Waals surface area contributed by atoms with Crippen LogP contribution in [-0.4, -0.2) is 49.2 Å². The van der Waals surface area contributed by atoms with Crippen LogP contribution in [0, 0.1) is 0 Å². The Morgan fingerprint density at radius 2 is 0.980 bits per heavy atom. The predicted octanol–water partition coefficient (Wildman–Crippen LogP) is 6.39. The van der Waals surface area contributed by atoms with Crippen molar-refractivity contribution in [3.8, 4) is 11.1 Å². The van der Waals surface area contributed by atoms with Crippen LogP contribution in [0.25, 0.3) is 11.1 Å². The SMILES string of the molecule is C=CC(=O)OC(CC)CONC(=O)c1ccc(C2(c3ccc(C(=O)NOCC(CC)OC(=O)C=C)cc3)c3ccccc3-c3ccccc32)cc1. The number of esters is 2. The number of hydrogen-bond acceptors (Lipinski definition) is 8. The molecule has 0 aliphatic heterocycles. The monoisotopic (exact) mass is 688 g/mol. The predicted molar refractivity (Wildman–Crippen MR) is 191 cm³/mol. The number of amides is 2. The number of nitrogens with one attached hydrogen (secondary N) is 2. The summed E-state index contributed by atoms with van der Waals surface area (Å²) in [4.78, 5) is 59.9. The smallest absolute Gasteiger partial charge is 0.330 e. The molecule has 10 heteroatoms. The van der Waals surface area contributed by atoms with E-state index in [-0.39, 0.29) is 13.2 Å². The molecular formula is C41H40N2O8. The Hall–Kier alpha value is -5.84. The van der Waals surface area contributed by atoms with Crippen LogP contribution in [0.5, 0.6) is 0 Å². The molecule has 2 atom stereocenters. The second-order valence-corrected chi connectivity index (χ2v) is 11.8. The van der Waals surface area contributed by atoms with E-state index in [1.807, 2.05) is 62.4 Å². The van der Waals surface area contributed by atoms with Crippen molar-refractivity contribution < 1.29 is 38.3 Å². The highest BCUT2D eigenvalue weighted by Gasteiger charge is 2.45. The van der Waals surface area contributed by atoms with E-state index in [4.69, 9.17) is 19.1 Å². The quantitative estimate of drug-likeness (QED) is 0.0694. The number of fused-ring (bicyclic) bond motifs is 3. The molecule has 1 aliphatic carbocycles. The molecule has 2 unspecified atom stereocenters. The molecule has 2 N–H and O–H groups in total. The molecule has 0 bridgehead atoms. The van der Waals surface area contributed by atoms with E-state index in [0.29, 0.717) is 24.0 Å². The maximum atomic E-state index is 13.0. The summed E-state index contributed by atoms with van der Waals surface area (Å²) in [5, 5.41) is 0. The summed E-state index contributed by atoms with van der Waals surface area (Å²) in [5.41, 5.74) is 11.0. The fourth-order valence-electron chi connectivity index (χ4n) is 6.18.